The van der Waals surface area contributed by atoms with Crippen molar-refractivity contribution in [1.82, 2.24) is 0 Å². The van der Waals surface area contributed by atoms with Crippen molar-refractivity contribution in [3.05, 3.63) is 6.92 Å². The lowest BCUT2D eigenvalue weighted by molar-refractivity contribution is 0.160. The summed E-state index contributed by atoms with van der Waals surface area (Å²) in [5.41, 5.74) is 0. The van der Waals surface area contributed by atoms with Crippen LogP contribution in [0, 0.1) is 6.92 Å². The molecule has 0 bridgehead atoms. The molecule has 0 amide bonds. The van der Waals surface area contributed by atoms with Crippen LogP contribution in [-0.2, 0) is 21.2 Å². The SMILES string of the molecule is [CH2]COCCC[Si](C)(C)O[Si](C)(C)O[Si](C)(C)O[Si](C)(C)O[Si](C)(C)C. The second-order valence-electron chi connectivity index (χ2n) is 9.70. The Balaban J connectivity index is 4.78. The molecule has 0 aromatic rings. The first-order valence-corrected chi connectivity index (χ1v) is 24.5. The molecule has 1 radical (unpaired) electrons. The summed E-state index contributed by atoms with van der Waals surface area (Å²) >= 11 is 0. The number of rotatable bonds is 13. The fourth-order valence-electron chi connectivity index (χ4n) is 3.40. The molecule has 0 atom stereocenters. The van der Waals surface area contributed by atoms with E-state index in [9.17, 15) is 0 Å². The first-order valence-electron chi connectivity index (χ1n) is 9.56. The number of hydrogen-bond donors (Lipinski definition) is 0. The van der Waals surface area contributed by atoms with E-state index in [0.29, 0.717) is 6.61 Å². The van der Waals surface area contributed by atoms with Gasteiger partial charge in [-0.3, -0.25) is 0 Å². The summed E-state index contributed by atoms with van der Waals surface area (Å²) in [4.78, 5) is 0. The molecular formula is C16H43O5Si5. The second-order valence-corrected chi connectivity index (χ2v) is 29.6. The molecule has 10 heteroatoms. The van der Waals surface area contributed by atoms with Gasteiger partial charge in [0.1, 0.15) is 0 Å². The molecule has 0 N–H and O–H groups in total. The predicted molar refractivity (Wildman–Crippen MR) is 123 cm³/mol. The summed E-state index contributed by atoms with van der Waals surface area (Å²) in [6, 6.07) is 1.06. The fourth-order valence-corrected chi connectivity index (χ4v) is 27.1. The quantitative estimate of drug-likeness (QED) is 0.273. The fraction of sp³-hybridized carbons (Fsp3) is 0.938. The second kappa shape index (κ2) is 10.1. The summed E-state index contributed by atoms with van der Waals surface area (Å²) < 4.78 is 31.3. The van der Waals surface area contributed by atoms with Crippen molar-refractivity contribution in [1.29, 1.82) is 0 Å². The highest BCUT2D eigenvalue weighted by Gasteiger charge is 2.44. The zero-order valence-corrected chi connectivity index (χ0v) is 24.1. The van der Waals surface area contributed by atoms with Gasteiger partial charge in [-0.15, -0.1) is 0 Å². The Hall–Kier alpha value is 0.884. The molecule has 0 saturated heterocycles. The molecule has 0 aromatic carbocycles. The standard InChI is InChI=1S/C16H43O5Si5/c1-13-17-15-14-16-23(5,6)19-25(9,10)21-26(11,12)20-24(7,8)18-22(2,3)4/h1,13-16H2,2-12H3. The number of ether oxygens (including phenoxy) is 1. The third-order valence-electron chi connectivity index (χ3n) is 3.27. The highest BCUT2D eigenvalue weighted by Crippen LogP contribution is 2.27. The molecule has 5 nitrogen and oxygen atoms in total. The number of hydrogen-bond acceptors (Lipinski definition) is 5. The lowest BCUT2D eigenvalue weighted by Gasteiger charge is -2.42. The molecule has 0 aliphatic heterocycles. The van der Waals surface area contributed by atoms with Gasteiger partial charge in [0.25, 0.3) is 0 Å². The van der Waals surface area contributed by atoms with Crippen molar-refractivity contribution in [2.45, 2.75) is 84.5 Å². The summed E-state index contributed by atoms with van der Waals surface area (Å²) in [6.07, 6.45) is 1.01. The van der Waals surface area contributed by atoms with Gasteiger partial charge < -0.3 is 21.2 Å². The van der Waals surface area contributed by atoms with Gasteiger partial charge in [0.2, 0.25) is 0 Å². The molecule has 0 spiro atoms. The minimum atomic E-state index is -2.33. The van der Waals surface area contributed by atoms with E-state index in [1.54, 1.807) is 0 Å². The Labute approximate surface area is 168 Å². The van der Waals surface area contributed by atoms with Crippen molar-refractivity contribution < 1.29 is 21.2 Å². The monoisotopic (exact) mass is 455 g/mol. The van der Waals surface area contributed by atoms with E-state index < -0.39 is 42.3 Å². The smallest absolute Gasteiger partial charge is 0.314 e. The van der Waals surface area contributed by atoms with E-state index in [4.69, 9.17) is 21.2 Å². The lowest BCUT2D eigenvalue weighted by atomic mass is 10.5. The van der Waals surface area contributed by atoms with Crippen LogP contribution in [0.2, 0.25) is 78.1 Å². The van der Waals surface area contributed by atoms with Gasteiger partial charge in [0.05, 0.1) is 0 Å². The first kappa shape index (κ1) is 26.9. The zero-order valence-electron chi connectivity index (χ0n) is 19.1. The topological polar surface area (TPSA) is 46.2 Å². The van der Waals surface area contributed by atoms with Crippen LogP contribution in [0.5, 0.6) is 0 Å². The van der Waals surface area contributed by atoms with Crippen molar-refractivity contribution in [2.75, 3.05) is 13.2 Å². The van der Waals surface area contributed by atoms with Gasteiger partial charge in [-0.25, -0.2) is 0 Å². The molecule has 0 aliphatic carbocycles. The van der Waals surface area contributed by atoms with Crippen molar-refractivity contribution in [2.24, 2.45) is 0 Å². The van der Waals surface area contributed by atoms with Crippen LogP contribution in [0.3, 0.4) is 0 Å². The van der Waals surface area contributed by atoms with E-state index in [1.165, 1.54) is 0 Å². The lowest BCUT2D eigenvalue weighted by Crippen LogP contribution is -2.58. The van der Waals surface area contributed by atoms with Gasteiger partial charge in [0.15, 0.2) is 16.6 Å². The van der Waals surface area contributed by atoms with Crippen LogP contribution in [0.4, 0.5) is 0 Å². The molecule has 157 valence electrons. The van der Waals surface area contributed by atoms with Gasteiger partial charge in [-0.1, -0.05) is 0 Å². The maximum absolute atomic E-state index is 6.58. The third-order valence-corrected chi connectivity index (χ3v) is 21.3. The van der Waals surface area contributed by atoms with Crippen LogP contribution in [0.15, 0.2) is 0 Å². The molecule has 0 aromatic heterocycles. The molecule has 0 heterocycles. The normalized spacial score (nSPS) is 14.8. The molecule has 0 rings (SSSR count). The molecule has 0 saturated carbocycles. The third kappa shape index (κ3) is 14.0. The Morgan fingerprint density at radius 1 is 0.615 bits per heavy atom. The molecule has 26 heavy (non-hydrogen) atoms. The van der Waals surface area contributed by atoms with Gasteiger partial charge in [0, 0.05) is 13.2 Å². The van der Waals surface area contributed by atoms with E-state index in [1.807, 2.05) is 0 Å². The van der Waals surface area contributed by atoms with Gasteiger partial charge in [-0.2, -0.15) is 0 Å². The molecule has 0 fully saturated rings. The Morgan fingerprint density at radius 2 is 1.04 bits per heavy atom. The average Bonchev–Trinajstić information content (AvgIpc) is 2.26. The molecular weight excluding hydrogens is 413 g/mol. The van der Waals surface area contributed by atoms with Crippen molar-refractivity contribution in [3.8, 4) is 0 Å². The summed E-state index contributed by atoms with van der Waals surface area (Å²) in [5.74, 6) is 0. The summed E-state index contributed by atoms with van der Waals surface area (Å²) in [5, 5.41) is 0. The van der Waals surface area contributed by atoms with Gasteiger partial charge in [-0.05, 0) is 91.4 Å². The summed E-state index contributed by atoms with van der Waals surface area (Å²) in [6.45, 7) is 28.9. The highest BCUT2D eigenvalue weighted by molar-refractivity contribution is 6.90. The average molecular weight is 456 g/mol. The van der Waals surface area contributed by atoms with E-state index >= 15 is 0 Å². The molecule has 0 aliphatic rings. The van der Waals surface area contributed by atoms with Crippen molar-refractivity contribution in [3.63, 3.8) is 0 Å². The van der Waals surface area contributed by atoms with Crippen molar-refractivity contribution >= 4 is 42.3 Å². The molecule has 0 unspecified atom stereocenters. The van der Waals surface area contributed by atoms with Crippen LogP contribution in [-0.4, -0.2) is 55.5 Å². The minimum Gasteiger partial charge on any atom is -0.437 e. The Kier molecular flexibility index (Phi) is 10.4. The van der Waals surface area contributed by atoms with E-state index in [2.05, 4.69) is 78.9 Å². The largest absolute Gasteiger partial charge is 0.437 e. The maximum Gasteiger partial charge on any atom is 0.314 e. The maximum atomic E-state index is 6.58. The van der Waals surface area contributed by atoms with Crippen LogP contribution in [0.1, 0.15) is 6.42 Å². The zero-order chi connectivity index (χ0) is 20.9. The van der Waals surface area contributed by atoms with E-state index in [0.717, 1.165) is 19.1 Å². The minimum absolute atomic E-state index is 0.530. The summed E-state index contributed by atoms with van der Waals surface area (Å²) in [7, 11) is -10.3. The highest BCUT2D eigenvalue weighted by atomic mass is 28.5. The van der Waals surface area contributed by atoms with E-state index in [-0.39, 0.29) is 0 Å². The first-order chi connectivity index (χ1) is 11.4. The van der Waals surface area contributed by atoms with Crippen LogP contribution < -0.4 is 0 Å². The van der Waals surface area contributed by atoms with Crippen LogP contribution in [0.25, 0.3) is 0 Å². The van der Waals surface area contributed by atoms with Crippen LogP contribution >= 0.6 is 0 Å². The Morgan fingerprint density at radius 3 is 1.46 bits per heavy atom. The predicted octanol–water partition coefficient (Wildman–Crippen LogP) is 5.44. The van der Waals surface area contributed by atoms with Gasteiger partial charge >= 0.3 is 25.7 Å². The Bertz CT molecular complexity index is 422.